The quantitative estimate of drug-likeness (QED) is 0.682. The second-order valence-electron chi connectivity index (χ2n) is 3.55. The third-order valence-electron chi connectivity index (χ3n) is 1.75. The van der Waals surface area contributed by atoms with Crippen LogP contribution in [-0.2, 0) is 6.54 Å². The Hall–Kier alpha value is -0.980. The van der Waals surface area contributed by atoms with E-state index in [0.717, 1.165) is 0 Å². The van der Waals surface area contributed by atoms with Crippen LogP contribution in [0.15, 0.2) is 4.52 Å². The van der Waals surface area contributed by atoms with Gasteiger partial charge in [-0.05, 0) is 21.0 Å². The standard InChI is InChI=1S/C8H16N4O2/c1-5(13)7(9)8-10-6(11-14-8)4-12(2)3/h5,7,13H,4,9H2,1-3H3/t5-,7+/m1/s1. The molecular weight excluding hydrogens is 184 g/mol. The van der Waals surface area contributed by atoms with Gasteiger partial charge in [0.25, 0.3) is 0 Å². The molecule has 0 unspecified atom stereocenters. The smallest absolute Gasteiger partial charge is 0.246 e. The van der Waals surface area contributed by atoms with Crippen LogP contribution in [0.5, 0.6) is 0 Å². The van der Waals surface area contributed by atoms with Crippen LogP contribution in [-0.4, -0.2) is 40.3 Å². The summed E-state index contributed by atoms with van der Waals surface area (Å²) in [6, 6.07) is -0.613. The molecule has 6 nitrogen and oxygen atoms in total. The molecular formula is C8H16N4O2. The molecule has 1 rings (SSSR count). The van der Waals surface area contributed by atoms with Crippen molar-refractivity contribution in [2.45, 2.75) is 25.6 Å². The highest BCUT2D eigenvalue weighted by atomic mass is 16.5. The van der Waals surface area contributed by atoms with Crippen molar-refractivity contribution in [1.29, 1.82) is 0 Å². The van der Waals surface area contributed by atoms with Gasteiger partial charge in [0.2, 0.25) is 5.89 Å². The predicted octanol–water partition coefficient (Wildman–Crippen LogP) is -0.488. The Morgan fingerprint density at radius 1 is 1.57 bits per heavy atom. The first-order valence-corrected chi connectivity index (χ1v) is 4.41. The molecule has 0 aliphatic carbocycles. The molecule has 0 aliphatic heterocycles. The fourth-order valence-electron chi connectivity index (χ4n) is 0.956. The van der Waals surface area contributed by atoms with Crippen molar-refractivity contribution < 1.29 is 9.63 Å². The van der Waals surface area contributed by atoms with Gasteiger partial charge in [0.1, 0.15) is 6.04 Å². The molecule has 0 saturated carbocycles. The molecule has 1 aromatic rings. The molecule has 0 radical (unpaired) electrons. The Labute approximate surface area is 82.7 Å². The van der Waals surface area contributed by atoms with Crippen molar-refractivity contribution in [3.05, 3.63) is 11.7 Å². The number of rotatable bonds is 4. The topological polar surface area (TPSA) is 88.4 Å². The van der Waals surface area contributed by atoms with Crippen molar-refractivity contribution in [2.24, 2.45) is 5.73 Å². The van der Waals surface area contributed by atoms with Gasteiger partial charge in [-0.2, -0.15) is 4.98 Å². The summed E-state index contributed by atoms with van der Waals surface area (Å²) in [4.78, 5) is 5.99. The van der Waals surface area contributed by atoms with Crippen molar-refractivity contribution in [3.8, 4) is 0 Å². The van der Waals surface area contributed by atoms with Gasteiger partial charge < -0.3 is 20.3 Å². The van der Waals surface area contributed by atoms with Crippen LogP contribution in [0.1, 0.15) is 24.7 Å². The molecule has 2 atom stereocenters. The van der Waals surface area contributed by atoms with Crippen molar-refractivity contribution in [3.63, 3.8) is 0 Å². The van der Waals surface area contributed by atoms with E-state index in [4.69, 9.17) is 10.3 Å². The lowest BCUT2D eigenvalue weighted by molar-refractivity contribution is 0.146. The molecule has 0 aromatic carbocycles. The Bertz CT molecular complexity index is 285. The summed E-state index contributed by atoms with van der Waals surface area (Å²) in [5.74, 6) is 0.845. The first kappa shape index (κ1) is 11.1. The fourth-order valence-corrected chi connectivity index (χ4v) is 0.956. The van der Waals surface area contributed by atoms with Gasteiger partial charge in [0.05, 0.1) is 12.6 Å². The number of hydrogen-bond acceptors (Lipinski definition) is 6. The lowest BCUT2D eigenvalue weighted by Gasteiger charge is -2.08. The summed E-state index contributed by atoms with van der Waals surface area (Å²) in [5.41, 5.74) is 5.62. The van der Waals surface area contributed by atoms with E-state index in [1.54, 1.807) is 6.92 Å². The number of nitrogens with zero attached hydrogens (tertiary/aromatic N) is 3. The molecule has 0 saturated heterocycles. The fraction of sp³-hybridized carbons (Fsp3) is 0.750. The summed E-state index contributed by atoms with van der Waals surface area (Å²) in [6.45, 7) is 2.18. The third kappa shape index (κ3) is 2.76. The maximum Gasteiger partial charge on any atom is 0.246 e. The minimum absolute atomic E-state index is 0.275. The normalized spacial score (nSPS) is 15.9. The first-order valence-electron chi connectivity index (χ1n) is 4.41. The molecule has 80 valence electrons. The lowest BCUT2D eigenvalue weighted by atomic mass is 10.2. The van der Waals surface area contributed by atoms with Crippen LogP contribution in [0.25, 0.3) is 0 Å². The molecule has 6 heteroatoms. The number of nitrogens with two attached hydrogens (primary N) is 1. The molecule has 0 fully saturated rings. The van der Waals surface area contributed by atoms with Gasteiger partial charge in [-0.25, -0.2) is 0 Å². The lowest BCUT2D eigenvalue weighted by Crippen LogP contribution is -2.23. The zero-order chi connectivity index (χ0) is 10.7. The van der Waals surface area contributed by atoms with E-state index < -0.39 is 12.1 Å². The van der Waals surface area contributed by atoms with Crippen LogP contribution in [0.3, 0.4) is 0 Å². The van der Waals surface area contributed by atoms with E-state index in [2.05, 4.69) is 10.1 Å². The molecule has 3 N–H and O–H groups in total. The highest BCUT2D eigenvalue weighted by molar-refractivity contribution is 4.93. The van der Waals surface area contributed by atoms with Crippen LogP contribution < -0.4 is 5.73 Å². The summed E-state index contributed by atoms with van der Waals surface area (Å²) < 4.78 is 4.92. The van der Waals surface area contributed by atoms with E-state index in [1.165, 1.54) is 0 Å². The van der Waals surface area contributed by atoms with Crippen molar-refractivity contribution in [2.75, 3.05) is 14.1 Å². The zero-order valence-corrected chi connectivity index (χ0v) is 8.64. The molecule has 0 aliphatic rings. The molecule has 1 aromatic heterocycles. The minimum Gasteiger partial charge on any atom is -0.391 e. The number of aromatic nitrogens is 2. The molecule has 0 amide bonds. The Balaban J connectivity index is 2.67. The van der Waals surface area contributed by atoms with Crippen LogP contribution in [0.2, 0.25) is 0 Å². The molecule has 1 heterocycles. The zero-order valence-electron chi connectivity index (χ0n) is 8.64. The minimum atomic E-state index is -0.692. The summed E-state index contributed by atoms with van der Waals surface area (Å²) in [5, 5.41) is 12.9. The van der Waals surface area contributed by atoms with Crippen LogP contribution in [0.4, 0.5) is 0 Å². The second-order valence-corrected chi connectivity index (χ2v) is 3.55. The van der Waals surface area contributed by atoms with Crippen molar-refractivity contribution in [1.82, 2.24) is 15.0 Å². The van der Waals surface area contributed by atoms with Gasteiger partial charge in [-0.3, -0.25) is 0 Å². The second kappa shape index (κ2) is 4.50. The van der Waals surface area contributed by atoms with Gasteiger partial charge in [-0.15, -0.1) is 0 Å². The summed E-state index contributed by atoms with van der Waals surface area (Å²) >= 11 is 0. The maximum absolute atomic E-state index is 9.20. The number of hydrogen-bond donors (Lipinski definition) is 2. The average molecular weight is 200 g/mol. The van der Waals surface area contributed by atoms with Gasteiger partial charge in [0, 0.05) is 0 Å². The monoisotopic (exact) mass is 200 g/mol. The Morgan fingerprint density at radius 3 is 2.71 bits per heavy atom. The first-order chi connectivity index (χ1) is 6.50. The molecule has 14 heavy (non-hydrogen) atoms. The summed E-state index contributed by atoms with van der Waals surface area (Å²) in [7, 11) is 3.81. The van der Waals surface area contributed by atoms with Crippen molar-refractivity contribution >= 4 is 0 Å². The Morgan fingerprint density at radius 2 is 2.21 bits per heavy atom. The third-order valence-corrected chi connectivity index (χ3v) is 1.75. The highest BCUT2D eigenvalue weighted by Gasteiger charge is 2.19. The van der Waals surface area contributed by atoms with E-state index in [-0.39, 0.29) is 5.89 Å². The average Bonchev–Trinajstić information content (AvgIpc) is 2.50. The van der Waals surface area contributed by atoms with Crippen LogP contribution in [0, 0.1) is 0 Å². The number of aliphatic hydroxyl groups is 1. The molecule has 0 bridgehead atoms. The molecule has 0 spiro atoms. The Kier molecular flexibility index (Phi) is 3.56. The van der Waals surface area contributed by atoms with E-state index in [9.17, 15) is 5.11 Å². The van der Waals surface area contributed by atoms with E-state index in [1.807, 2.05) is 19.0 Å². The summed E-state index contributed by atoms with van der Waals surface area (Å²) in [6.07, 6.45) is -0.692. The van der Waals surface area contributed by atoms with Gasteiger partial charge in [-0.1, -0.05) is 5.16 Å². The number of aliphatic hydroxyl groups excluding tert-OH is 1. The van der Waals surface area contributed by atoms with Gasteiger partial charge in [0.15, 0.2) is 5.82 Å². The predicted molar refractivity (Wildman–Crippen MR) is 50.3 cm³/mol. The largest absolute Gasteiger partial charge is 0.391 e. The van der Waals surface area contributed by atoms with Crippen LogP contribution >= 0.6 is 0 Å². The van der Waals surface area contributed by atoms with E-state index in [0.29, 0.717) is 12.4 Å². The highest BCUT2D eigenvalue weighted by Crippen LogP contribution is 2.11. The maximum atomic E-state index is 9.20. The van der Waals surface area contributed by atoms with Gasteiger partial charge >= 0.3 is 0 Å². The SMILES string of the molecule is C[C@@H](O)[C@H](N)c1nc(CN(C)C)no1. The van der Waals surface area contributed by atoms with E-state index >= 15 is 0 Å².